The summed E-state index contributed by atoms with van der Waals surface area (Å²) >= 11 is 1.68. The standard InChI is InChI=1S/C21H24N2OS.CH4N2O/c1-5-16-7-6-8-19(22-4)18(16)12-24-20-10-9-17(11-14(20)2)21-23-15(3)13-25-21;2-3-1-4/h6-11,13,22H,5,12H2,1-4H3;1H,2H2,(H,3,4). The molecule has 0 radical (unpaired) electrons. The molecule has 0 atom stereocenters. The van der Waals surface area contributed by atoms with Crippen LogP contribution in [0.25, 0.3) is 10.6 Å². The predicted octanol–water partition coefficient (Wildman–Crippen LogP) is 4.22. The zero-order valence-electron chi connectivity index (χ0n) is 17.3. The van der Waals surface area contributed by atoms with Crippen molar-refractivity contribution in [3.05, 3.63) is 64.2 Å². The molecule has 0 spiro atoms. The van der Waals surface area contributed by atoms with Crippen LogP contribution < -0.4 is 21.3 Å². The zero-order chi connectivity index (χ0) is 21.2. The van der Waals surface area contributed by atoms with E-state index in [0.717, 1.165) is 39.7 Å². The molecule has 3 aromatic rings. The molecule has 0 fully saturated rings. The van der Waals surface area contributed by atoms with Crippen LogP contribution in [-0.4, -0.2) is 18.4 Å². The molecule has 7 heteroatoms. The number of carbonyl (C=O) groups excluding carboxylic acids is 1. The van der Waals surface area contributed by atoms with Crippen molar-refractivity contribution in [1.82, 2.24) is 10.4 Å². The summed E-state index contributed by atoms with van der Waals surface area (Å²) in [7, 11) is 1.95. The lowest BCUT2D eigenvalue weighted by Gasteiger charge is -2.16. The van der Waals surface area contributed by atoms with E-state index in [4.69, 9.17) is 9.53 Å². The maximum atomic E-state index is 8.94. The van der Waals surface area contributed by atoms with Crippen molar-refractivity contribution in [3.8, 4) is 16.3 Å². The van der Waals surface area contributed by atoms with Crippen LogP contribution in [-0.2, 0) is 17.8 Å². The number of amides is 1. The summed E-state index contributed by atoms with van der Waals surface area (Å²) in [5.74, 6) is 5.33. The number of nitrogens with zero attached hydrogens (tertiary/aromatic N) is 1. The summed E-state index contributed by atoms with van der Waals surface area (Å²) in [5.41, 5.74) is 8.77. The number of aryl methyl sites for hydroxylation is 3. The molecule has 1 aromatic heterocycles. The molecule has 1 heterocycles. The third-order valence-electron chi connectivity index (χ3n) is 4.40. The number of nitrogens with one attached hydrogen (secondary N) is 2. The molecule has 154 valence electrons. The van der Waals surface area contributed by atoms with E-state index in [1.165, 1.54) is 11.1 Å². The van der Waals surface area contributed by atoms with Crippen LogP contribution >= 0.6 is 11.3 Å². The number of aromatic nitrogens is 1. The maximum Gasteiger partial charge on any atom is 0.221 e. The second-order valence-corrected chi connectivity index (χ2v) is 7.25. The molecular formula is C22H28N4O2S. The lowest BCUT2D eigenvalue weighted by Crippen LogP contribution is -2.18. The van der Waals surface area contributed by atoms with E-state index in [0.29, 0.717) is 13.0 Å². The lowest BCUT2D eigenvalue weighted by molar-refractivity contribution is -0.109. The minimum Gasteiger partial charge on any atom is -0.489 e. The van der Waals surface area contributed by atoms with Crippen LogP contribution in [0.15, 0.2) is 41.8 Å². The first-order valence-electron chi connectivity index (χ1n) is 9.38. The smallest absolute Gasteiger partial charge is 0.221 e. The van der Waals surface area contributed by atoms with Crippen molar-refractivity contribution in [2.24, 2.45) is 5.84 Å². The topological polar surface area (TPSA) is 89.3 Å². The van der Waals surface area contributed by atoms with E-state index in [2.05, 4.69) is 71.8 Å². The van der Waals surface area contributed by atoms with Gasteiger partial charge in [-0.15, -0.1) is 11.3 Å². The first-order chi connectivity index (χ1) is 14.0. The Morgan fingerprint density at radius 3 is 2.55 bits per heavy atom. The highest BCUT2D eigenvalue weighted by Crippen LogP contribution is 2.30. The van der Waals surface area contributed by atoms with Gasteiger partial charge in [0, 0.05) is 34.9 Å². The lowest BCUT2D eigenvalue weighted by atomic mass is 10.0. The second kappa shape index (κ2) is 11.2. The Morgan fingerprint density at radius 1 is 1.24 bits per heavy atom. The highest BCUT2D eigenvalue weighted by atomic mass is 32.1. The Kier molecular flexibility index (Phi) is 8.64. The first kappa shape index (κ1) is 22.4. The highest BCUT2D eigenvalue weighted by molar-refractivity contribution is 7.13. The van der Waals surface area contributed by atoms with Crippen molar-refractivity contribution in [2.75, 3.05) is 12.4 Å². The molecule has 1 amide bonds. The highest BCUT2D eigenvalue weighted by Gasteiger charge is 2.10. The summed E-state index contributed by atoms with van der Waals surface area (Å²) in [5, 5.41) is 6.40. The fourth-order valence-electron chi connectivity index (χ4n) is 2.95. The van der Waals surface area contributed by atoms with Gasteiger partial charge in [0.2, 0.25) is 6.41 Å². The van der Waals surface area contributed by atoms with Crippen molar-refractivity contribution in [1.29, 1.82) is 0 Å². The van der Waals surface area contributed by atoms with Crippen molar-refractivity contribution < 1.29 is 9.53 Å². The Balaban J connectivity index is 0.000000687. The van der Waals surface area contributed by atoms with Gasteiger partial charge < -0.3 is 10.1 Å². The monoisotopic (exact) mass is 412 g/mol. The van der Waals surface area contributed by atoms with Gasteiger partial charge in [-0.05, 0) is 55.7 Å². The van der Waals surface area contributed by atoms with E-state index in [1.54, 1.807) is 16.8 Å². The number of thiazole rings is 1. The Bertz CT molecular complexity index is 918. The number of benzene rings is 2. The van der Waals surface area contributed by atoms with Gasteiger partial charge in [0.15, 0.2) is 0 Å². The van der Waals surface area contributed by atoms with Gasteiger partial charge in [0.1, 0.15) is 17.4 Å². The molecule has 2 aromatic carbocycles. The fraction of sp³-hybridized carbons (Fsp3) is 0.273. The van der Waals surface area contributed by atoms with E-state index in [1.807, 2.05) is 14.0 Å². The molecular weight excluding hydrogens is 384 g/mol. The summed E-state index contributed by atoms with van der Waals surface area (Å²) < 4.78 is 6.15. The van der Waals surface area contributed by atoms with Gasteiger partial charge in [0.05, 0.1) is 0 Å². The molecule has 0 saturated carbocycles. The fourth-order valence-corrected chi connectivity index (χ4v) is 3.75. The van der Waals surface area contributed by atoms with Crippen molar-refractivity contribution in [3.63, 3.8) is 0 Å². The third kappa shape index (κ3) is 6.04. The van der Waals surface area contributed by atoms with Gasteiger partial charge >= 0.3 is 0 Å². The SMILES string of the molecule is CCc1cccc(NC)c1COc1ccc(-c2nc(C)cs2)cc1C.NNC=O. The molecule has 0 aliphatic carbocycles. The average molecular weight is 413 g/mol. The van der Waals surface area contributed by atoms with Gasteiger partial charge in [-0.1, -0.05) is 19.1 Å². The number of carbonyl (C=O) groups is 1. The van der Waals surface area contributed by atoms with Crippen molar-refractivity contribution >= 4 is 23.4 Å². The summed E-state index contributed by atoms with van der Waals surface area (Å²) in [6, 6.07) is 12.6. The predicted molar refractivity (Wildman–Crippen MR) is 120 cm³/mol. The second-order valence-electron chi connectivity index (χ2n) is 6.39. The van der Waals surface area contributed by atoms with Gasteiger partial charge in [-0.2, -0.15) is 0 Å². The molecule has 0 aliphatic heterocycles. The molecule has 0 aliphatic rings. The molecule has 0 saturated heterocycles. The average Bonchev–Trinajstić information content (AvgIpc) is 3.19. The van der Waals surface area contributed by atoms with Crippen LogP contribution in [0.1, 0.15) is 29.3 Å². The Hall–Kier alpha value is -2.90. The number of nitrogens with two attached hydrogens (primary N) is 1. The minimum atomic E-state index is 0.403. The number of hydrogen-bond acceptors (Lipinski definition) is 6. The zero-order valence-corrected chi connectivity index (χ0v) is 18.1. The van der Waals surface area contributed by atoms with Crippen LogP contribution in [0.3, 0.4) is 0 Å². The van der Waals surface area contributed by atoms with Crippen LogP contribution in [0.5, 0.6) is 5.75 Å². The first-order valence-corrected chi connectivity index (χ1v) is 10.3. The van der Waals surface area contributed by atoms with E-state index in [9.17, 15) is 0 Å². The molecule has 4 N–H and O–H groups in total. The third-order valence-corrected chi connectivity index (χ3v) is 5.41. The summed E-state index contributed by atoms with van der Waals surface area (Å²) in [6.45, 7) is 6.85. The number of hydrogen-bond donors (Lipinski definition) is 3. The number of hydrazine groups is 1. The molecule has 0 bridgehead atoms. The summed E-state index contributed by atoms with van der Waals surface area (Å²) in [6.07, 6.45) is 1.40. The van der Waals surface area contributed by atoms with Crippen LogP contribution in [0.2, 0.25) is 0 Å². The molecule has 6 nitrogen and oxygen atoms in total. The van der Waals surface area contributed by atoms with E-state index >= 15 is 0 Å². The largest absolute Gasteiger partial charge is 0.489 e. The van der Waals surface area contributed by atoms with E-state index < -0.39 is 0 Å². The molecule has 29 heavy (non-hydrogen) atoms. The maximum absolute atomic E-state index is 8.94. The Morgan fingerprint density at radius 2 is 2.00 bits per heavy atom. The summed E-state index contributed by atoms with van der Waals surface area (Å²) in [4.78, 5) is 13.5. The molecule has 3 rings (SSSR count). The van der Waals surface area contributed by atoms with Gasteiger partial charge in [0.25, 0.3) is 0 Å². The number of rotatable bonds is 7. The number of anilines is 1. The van der Waals surface area contributed by atoms with E-state index in [-0.39, 0.29) is 0 Å². The normalized spacial score (nSPS) is 9.97. The van der Waals surface area contributed by atoms with Gasteiger partial charge in [-0.25, -0.2) is 10.8 Å². The van der Waals surface area contributed by atoms with Gasteiger partial charge in [-0.3, -0.25) is 10.2 Å². The Labute approximate surface area is 176 Å². The quantitative estimate of drug-likeness (QED) is 0.234. The van der Waals surface area contributed by atoms with Crippen LogP contribution in [0, 0.1) is 13.8 Å². The number of ether oxygens (including phenoxy) is 1. The van der Waals surface area contributed by atoms with Crippen LogP contribution in [0.4, 0.5) is 5.69 Å². The van der Waals surface area contributed by atoms with Crippen molar-refractivity contribution in [2.45, 2.75) is 33.8 Å². The minimum absolute atomic E-state index is 0.403. The molecule has 0 unspecified atom stereocenters.